The van der Waals surface area contributed by atoms with E-state index in [1.54, 1.807) is 0 Å². The van der Waals surface area contributed by atoms with Crippen molar-refractivity contribution in [1.82, 2.24) is 0 Å². The van der Waals surface area contributed by atoms with Crippen LogP contribution in [0.4, 0.5) is 11.4 Å². The predicted molar refractivity (Wildman–Crippen MR) is 132 cm³/mol. The number of rotatable bonds is 5. The van der Waals surface area contributed by atoms with Crippen LogP contribution in [0.3, 0.4) is 0 Å². The number of ether oxygens (including phenoxy) is 1. The van der Waals surface area contributed by atoms with E-state index in [4.69, 9.17) is 4.74 Å². The zero-order valence-electron chi connectivity index (χ0n) is 19.0. The van der Waals surface area contributed by atoms with Gasteiger partial charge in [0, 0.05) is 11.3 Å². The smallest absolute Gasteiger partial charge is 0.255 e. The molecule has 0 unspecified atom stereocenters. The lowest BCUT2D eigenvalue weighted by Gasteiger charge is -2.43. The summed E-state index contributed by atoms with van der Waals surface area (Å²) in [5.74, 6) is 3.22. The average Bonchev–Trinajstić information content (AvgIpc) is 3.48. The van der Waals surface area contributed by atoms with E-state index in [2.05, 4.69) is 53.1 Å². The summed E-state index contributed by atoms with van der Waals surface area (Å²) < 4.78 is 5.68. The van der Waals surface area contributed by atoms with Crippen LogP contribution < -0.4 is 15.4 Å². The molecule has 2 aliphatic carbocycles. The molecule has 3 aliphatic rings. The van der Waals surface area contributed by atoms with Gasteiger partial charge in [0.1, 0.15) is 5.75 Å². The first-order valence-electron chi connectivity index (χ1n) is 12.2. The van der Waals surface area contributed by atoms with Crippen LogP contribution in [0, 0.1) is 17.8 Å². The Morgan fingerprint density at radius 1 is 1.00 bits per heavy atom. The van der Waals surface area contributed by atoms with Crippen LogP contribution in [0.15, 0.2) is 72.8 Å². The highest BCUT2D eigenvalue weighted by Gasteiger charge is 2.53. The van der Waals surface area contributed by atoms with Gasteiger partial charge >= 0.3 is 0 Å². The number of hydrogen-bond donors (Lipinski definition) is 2. The Bertz CT molecular complexity index is 1180. The molecule has 2 N–H and O–H groups in total. The molecule has 5 atom stereocenters. The monoisotopic (exact) mass is 438 g/mol. The molecule has 33 heavy (non-hydrogen) atoms. The Morgan fingerprint density at radius 3 is 2.64 bits per heavy atom. The molecule has 6 rings (SSSR count). The largest absolute Gasteiger partial charge is 0.492 e. The molecule has 2 saturated carbocycles. The van der Waals surface area contributed by atoms with Crippen molar-refractivity contribution in [2.45, 2.75) is 38.1 Å². The zero-order chi connectivity index (χ0) is 22.4. The van der Waals surface area contributed by atoms with E-state index in [-0.39, 0.29) is 5.91 Å². The summed E-state index contributed by atoms with van der Waals surface area (Å²) in [4.78, 5) is 13.2. The normalized spacial score (nSPS) is 26.8. The maximum atomic E-state index is 13.2. The molecule has 0 saturated heterocycles. The number of nitrogens with one attached hydrogen (secondary N) is 2. The number of carbonyl (C=O) groups excluding carboxylic acids is 1. The summed E-state index contributed by atoms with van der Waals surface area (Å²) in [6.45, 7) is 2.51. The second-order valence-electron chi connectivity index (χ2n) is 9.65. The third kappa shape index (κ3) is 3.49. The maximum absolute atomic E-state index is 13.2. The number of anilines is 2. The zero-order valence-corrected chi connectivity index (χ0v) is 19.0. The molecule has 4 heteroatoms. The molecule has 0 radical (unpaired) electrons. The van der Waals surface area contributed by atoms with Crippen LogP contribution in [0.5, 0.6) is 5.75 Å². The van der Waals surface area contributed by atoms with Crippen LogP contribution in [0.25, 0.3) is 0 Å². The third-order valence-corrected chi connectivity index (χ3v) is 7.94. The fraction of sp³-hybridized carbons (Fsp3) is 0.345. The van der Waals surface area contributed by atoms with Crippen LogP contribution in [0.2, 0.25) is 0 Å². The third-order valence-electron chi connectivity index (χ3n) is 7.94. The number of fused-ring (bicyclic) bond motifs is 7. The molecule has 0 aromatic heterocycles. The van der Waals surface area contributed by atoms with Gasteiger partial charge in [-0.1, -0.05) is 42.5 Å². The lowest BCUT2D eigenvalue weighted by Crippen LogP contribution is -2.35. The Balaban J connectivity index is 1.33. The summed E-state index contributed by atoms with van der Waals surface area (Å²) in [6, 6.07) is 25.0. The van der Waals surface area contributed by atoms with Crippen LogP contribution in [0.1, 0.15) is 59.6 Å². The van der Waals surface area contributed by atoms with Crippen LogP contribution in [-0.4, -0.2) is 12.5 Å². The standard InChI is InChI=1S/C29H30N2O2/c1-2-33-25-11-7-6-10-24(25)31-29(32)21-14-15-23-22(17-21)26-19-12-13-20(16-19)27(26)28(30-23)18-8-4-3-5-9-18/h3-11,14-15,17,19-20,26-28,30H,2,12-13,16H2,1H3,(H,31,32)/t19-,20+,26+,27+,28+/m1/s1. The Morgan fingerprint density at radius 2 is 1.79 bits per heavy atom. The number of carbonyl (C=O) groups is 1. The number of benzene rings is 3. The Kier molecular flexibility index (Phi) is 5.09. The minimum atomic E-state index is -0.0881. The van der Waals surface area contributed by atoms with E-state index >= 15 is 0 Å². The van der Waals surface area contributed by atoms with Crippen LogP contribution >= 0.6 is 0 Å². The van der Waals surface area contributed by atoms with Gasteiger partial charge in [0.25, 0.3) is 5.91 Å². The summed E-state index contributed by atoms with van der Waals surface area (Å²) >= 11 is 0. The molecule has 2 fully saturated rings. The molecule has 1 heterocycles. The molecule has 168 valence electrons. The van der Waals surface area contributed by atoms with Crippen molar-refractivity contribution in [3.8, 4) is 5.75 Å². The first kappa shape index (κ1) is 20.3. The van der Waals surface area contributed by atoms with E-state index in [0.29, 0.717) is 41.5 Å². The van der Waals surface area contributed by atoms with Gasteiger partial charge in [0.15, 0.2) is 0 Å². The van der Waals surface area contributed by atoms with Crippen LogP contribution in [-0.2, 0) is 0 Å². The van der Waals surface area contributed by atoms with Gasteiger partial charge in [-0.2, -0.15) is 0 Å². The van der Waals surface area contributed by atoms with Crippen molar-refractivity contribution in [1.29, 1.82) is 0 Å². The predicted octanol–water partition coefficient (Wildman–Crippen LogP) is 6.63. The summed E-state index contributed by atoms with van der Waals surface area (Å²) in [5.41, 5.74) is 5.30. The van der Waals surface area contributed by atoms with Gasteiger partial charge in [-0.15, -0.1) is 0 Å². The minimum absolute atomic E-state index is 0.0881. The van der Waals surface area contributed by atoms with Crippen molar-refractivity contribution in [2.24, 2.45) is 17.8 Å². The lowest BCUT2D eigenvalue weighted by atomic mass is 9.68. The van der Waals surface area contributed by atoms with Gasteiger partial charge < -0.3 is 15.4 Å². The highest BCUT2D eigenvalue weighted by molar-refractivity contribution is 6.05. The SMILES string of the molecule is CCOc1ccccc1NC(=O)c1ccc2c(c1)[C@@H]1[C@@H]3CC[C@@H](C3)[C@@H]1[C@H](c1ccccc1)N2. The highest BCUT2D eigenvalue weighted by atomic mass is 16.5. The molecule has 3 aromatic carbocycles. The topological polar surface area (TPSA) is 50.4 Å². The van der Waals surface area contributed by atoms with Gasteiger partial charge in [0.2, 0.25) is 0 Å². The fourth-order valence-corrected chi connectivity index (χ4v) is 6.66. The van der Waals surface area contributed by atoms with Crippen molar-refractivity contribution >= 4 is 17.3 Å². The highest BCUT2D eigenvalue weighted by Crippen LogP contribution is 2.63. The second kappa shape index (κ2) is 8.26. The molecular weight excluding hydrogens is 408 g/mol. The summed E-state index contributed by atoms with van der Waals surface area (Å²) in [7, 11) is 0. The summed E-state index contributed by atoms with van der Waals surface area (Å²) in [5, 5.41) is 6.92. The quantitative estimate of drug-likeness (QED) is 0.470. The minimum Gasteiger partial charge on any atom is -0.492 e. The Hall–Kier alpha value is -3.27. The van der Waals surface area contributed by atoms with E-state index in [1.165, 1.54) is 36.1 Å². The van der Waals surface area contributed by atoms with E-state index in [0.717, 1.165) is 11.8 Å². The van der Waals surface area contributed by atoms with Crippen molar-refractivity contribution in [3.05, 3.63) is 89.5 Å². The summed E-state index contributed by atoms with van der Waals surface area (Å²) in [6.07, 6.45) is 3.96. The molecular formula is C29H30N2O2. The maximum Gasteiger partial charge on any atom is 0.255 e. The molecule has 0 spiro atoms. The second-order valence-corrected chi connectivity index (χ2v) is 9.65. The van der Waals surface area contributed by atoms with E-state index in [9.17, 15) is 4.79 Å². The molecule has 1 amide bonds. The fourth-order valence-electron chi connectivity index (χ4n) is 6.66. The van der Waals surface area contributed by atoms with Gasteiger partial charge in [-0.3, -0.25) is 4.79 Å². The van der Waals surface area contributed by atoms with Gasteiger partial charge in [0.05, 0.1) is 18.3 Å². The first-order valence-corrected chi connectivity index (χ1v) is 12.2. The molecule has 2 bridgehead atoms. The van der Waals surface area contributed by atoms with Crippen molar-refractivity contribution in [2.75, 3.05) is 17.2 Å². The average molecular weight is 439 g/mol. The molecule has 4 nitrogen and oxygen atoms in total. The number of para-hydroxylation sites is 2. The van der Waals surface area contributed by atoms with Crippen molar-refractivity contribution < 1.29 is 9.53 Å². The Labute approximate surface area is 195 Å². The number of hydrogen-bond acceptors (Lipinski definition) is 3. The lowest BCUT2D eigenvalue weighted by molar-refractivity contribution is 0.102. The van der Waals surface area contributed by atoms with Crippen molar-refractivity contribution in [3.63, 3.8) is 0 Å². The van der Waals surface area contributed by atoms with Gasteiger partial charge in [-0.05, 0) is 91.3 Å². The van der Waals surface area contributed by atoms with E-state index < -0.39 is 0 Å². The first-order chi connectivity index (χ1) is 16.2. The van der Waals surface area contributed by atoms with E-state index in [1.807, 2.05) is 37.3 Å². The molecule has 1 aliphatic heterocycles. The number of amides is 1. The van der Waals surface area contributed by atoms with Gasteiger partial charge in [-0.25, -0.2) is 0 Å². The molecule has 3 aromatic rings.